The molecule has 3 aromatic rings. The van der Waals surface area contributed by atoms with Crippen molar-refractivity contribution in [3.05, 3.63) is 52.9 Å². The fourth-order valence-corrected chi connectivity index (χ4v) is 2.50. The van der Waals surface area contributed by atoms with Crippen molar-refractivity contribution >= 4 is 16.9 Å². The van der Waals surface area contributed by atoms with E-state index in [0.29, 0.717) is 33.6 Å². The summed E-state index contributed by atoms with van der Waals surface area (Å²) in [5, 5.41) is 0.297. The van der Waals surface area contributed by atoms with Crippen molar-refractivity contribution in [1.29, 1.82) is 0 Å². The number of fused-ring (bicyclic) bond motifs is 1. The van der Waals surface area contributed by atoms with Crippen LogP contribution in [-0.4, -0.2) is 20.2 Å². The van der Waals surface area contributed by atoms with Gasteiger partial charge < -0.3 is 18.6 Å². The summed E-state index contributed by atoms with van der Waals surface area (Å²) in [7, 11) is 3.02. The number of carbonyl (C=O) groups excluding carboxylic acids is 1. The molecule has 0 bridgehead atoms. The van der Waals surface area contributed by atoms with Gasteiger partial charge in [0.1, 0.15) is 17.6 Å². The lowest BCUT2D eigenvalue weighted by Gasteiger charge is -2.10. The molecule has 0 unspecified atom stereocenters. The van der Waals surface area contributed by atoms with Gasteiger partial charge in [0, 0.05) is 13.0 Å². The van der Waals surface area contributed by atoms with E-state index in [-0.39, 0.29) is 11.2 Å². The molecule has 0 amide bonds. The van der Waals surface area contributed by atoms with Gasteiger partial charge in [-0.3, -0.25) is 9.59 Å². The predicted molar refractivity (Wildman–Crippen MR) is 92.3 cm³/mol. The first-order valence-corrected chi connectivity index (χ1v) is 7.50. The van der Waals surface area contributed by atoms with E-state index in [1.54, 1.807) is 31.4 Å². The number of methoxy groups -OCH3 is 2. The van der Waals surface area contributed by atoms with Crippen LogP contribution in [-0.2, 0) is 4.79 Å². The zero-order valence-electron chi connectivity index (χ0n) is 14.0. The molecule has 128 valence electrons. The van der Waals surface area contributed by atoms with Crippen LogP contribution < -0.4 is 19.6 Å². The predicted octanol–water partition coefficient (Wildman–Crippen LogP) is 3.40. The first-order valence-electron chi connectivity index (χ1n) is 7.50. The molecule has 6 heteroatoms. The summed E-state index contributed by atoms with van der Waals surface area (Å²) < 4.78 is 21.0. The minimum atomic E-state index is -0.506. The lowest BCUT2D eigenvalue weighted by molar-refractivity contribution is -0.132. The average Bonchev–Trinajstić information content (AvgIpc) is 2.62. The molecule has 2 aromatic carbocycles. The molecule has 0 spiro atoms. The van der Waals surface area contributed by atoms with Gasteiger partial charge in [0.2, 0.25) is 5.43 Å². The van der Waals surface area contributed by atoms with Crippen molar-refractivity contribution in [2.75, 3.05) is 14.2 Å². The van der Waals surface area contributed by atoms with Crippen molar-refractivity contribution < 1.29 is 23.4 Å². The molecule has 0 aliphatic rings. The second-order valence-corrected chi connectivity index (χ2v) is 5.30. The third-order valence-corrected chi connectivity index (χ3v) is 3.71. The van der Waals surface area contributed by atoms with Crippen LogP contribution in [0.3, 0.4) is 0 Å². The van der Waals surface area contributed by atoms with Gasteiger partial charge in [-0.15, -0.1) is 0 Å². The fourth-order valence-electron chi connectivity index (χ4n) is 2.50. The molecule has 1 heterocycles. The third kappa shape index (κ3) is 3.19. The molecule has 0 aliphatic carbocycles. The molecule has 0 N–H and O–H groups in total. The van der Waals surface area contributed by atoms with Crippen molar-refractivity contribution in [1.82, 2.24) is 0 Å². The Morgan fingerprint density at radius 3 is 2.32 bits per heavy atom. The highest BCUT2D eigenvalue weighted by Crippen LogP contribution is 2.32. The number of rotatable bonds is 4. The van der Waals surface area contributed by atoms with Crippen LogP contribution in [0.1, 0.15) is 6.92 Å². The lowest BCUT2D eigenvalue weighted by atomic mass is 10.1. The largest absolute Gasteiger partial charge is 0.497 e. The van der Waals surface area contributed by atoms with Gasteiger partial charge in [-0.2, -0.15) is 0 Å². The van der Waals surface area contributed by atoms with Crippen molar-refractivity contribution in [3.8, 4) is 28.4 Å². The Bertz CT molecular complexity index is 985. The quantitative estimate of drug-likeness (QED) is 0.535. The average molecular weight is 340 g/mol. The summed E-state index contributed by atoms with van der Waals surface area (Å²) in [5.41, 5.74) is 1.20. The standard InChI is InChI=1S/C19H16O6/c1-11(20)25-18-8-14-16(9-17(18)23-3)24-10-15(19(14)21)12-4-6-13(22-2)7-5-12/h4-10H,1-3H3. The number of ether oxygens (including phenoxy) is 3. The van der Waals surface area contributed by atoms with E-state index >= 15 is 0 Å². The first-order chi connectivity index (χ1) is 12.0. The number of benzene rings is 2. The van der Waals surface area contributed by atoms with Crippen LogP contribution in [0.5, 0.6) is 17.2 Å². The van der Waals surface area contributed by atoms with Crippen LogP contribution in [0.4, 0.5) is 0 Å². The van der Waals surface area contributed by atoms with Gasteiger partial charge in [-0.25, -0.2) is 0 Å². The second kappa shape index (κ2) is 6.68. The van der Waals surface area contributed by atoms with Crippen LogP contribution in [0.25, 0.3) is 22.1 Å². The van der Waals surface area contributed by atoms with Gasteiger partial charge >= 0.3 is 5.97 Å². The Labute approximate surface area is 143 Å². The van der Waals surface area contributed by atoms with E-state index in [1.165, 1.54) is 32.4 Å². The monoisotopic (exact) mass is 340 g/mol. The molecule has 1 aromatic heterocycles. The number of hydrogen-bond donors (Lipinski definition) is 0. The number of carbonyl (C=O) groups is 1. The highest BCUT2D eigenvalue weighted by molar-refractivity contribution is 5.85. The summed E-state index contributed by atoms with van der Waals surface area (Å²) in [6.45, 7) is 1.28. The van der Waals surface area contributed by atoms with Gasteiger partial charge in [-0.1, -0.05) is 12.1 Å². The minimum Gasteiger partial charge on any atom is -0.497 e. The highest BCUT2D eigenvalue weighted by Gasteiger charge is 2.15. The van der Waals surface area contributed by atoms with E-state index in [4.69, 9.17) is 18.6 Å². The smallest absolute Gasteiger partial charge is 0.308 e. The Balaban J connectivity index is 2.17. The third-order valence-electron chi connectivity index (χ3n) is 3.71. The van der Waals surface area contributed by atoms with Gasteiger partial charge in [-0.05, 0) is 23.8 Å². The van der Waals surface area contributed by atoms with Crippen molar-refractivity contribution in [2.24, 2.45) is 0 Å². The van der Waals surface area contributed by atoms with Crippen LogP contribution >= 0.6 is 0 Å². The zero-order chi connectivity index (χ0) is 18.0. The molecule has 0 atom stereocenters. The number of esters is 1. The Kier molecular flexibility index (Phi) is 4.43. The van der Waals surface area contributed by atoms with Crippen LogP contribution in [0, 0.1) is 0 Å². The first kappa shape index (κ1) is 16.6. The second-order valence-electron chi connectivity index (χ2n) is 5.30. The molecule has 0 saturated heterocycles. The van der Waals surface area contributed by atoms with E-state index in [0.717, 1.165) is 0 Å². The molecular formula is C19H16O6. The maximum absolute atomic E-state index is 12.8. The van der Waals surface area contributed by atoms with Gasteiger partial charge in [0.15, 0.2) is 11.5 Å². The normalized spacial score (nSPS) is 10.5. The molecule has 3 rings (SSSR count). The lowest BCUT2D eigenvalue weighted by Crippen LogP contribution is -2.07. The highest BCUT2D eigenvalue weighted by atomic mass is 16.6. The topological polar surface area (TPSA) is 75.0 Å². The van der Waals surface area contributed by atoms with Crippen molar-refractivity contribution in [3.63, 3.8) is 0 Å². The van der Waals surface area contributed by atoms with E-state index in [1.807, 2.05) is 0 Å². The SMILES string of the molecule is COc1ccc(-c2coc3cc(OC)c(OC(C)=O)cc3c2=O)cc1. The summed E-state index contributed by atoms with van der Waals surface area (Å²) >= 11 is 0. The summed E-state index contributed by atoms with van der Waals surface area (Å²) in [5.74, 6) is 0.661. The summed E-state index contributed by atoms with van der Waals surface area (Å²) in [6.07, 6.45) is 1.40. The van der Waals surface area contributed by atoms with E-state index in [2.05, 4.69) is 0 Å². The van der Waals surface area contributed by atoms with Gasteiger partial charge in [0.25, 0.3) is 0 Å². The summed E-state index contributed by atoms with van der Waals surface area (Å²) in [4.78, 5) is 24.1. The van der Waals surface area contributed by atoms with Gasteiger partial charge in [0.05, 0.1) is 25.2 Å². The molecule has 0 saturated carbocycles. The maximum atomic E-state index is 12.8. The maximum Gasteiger partial charge on any atom is 0.308 e. The molecule has 0 radical (unpaired) electrons. The molecule has 0 aliphatic heterocycles. The Morgan fingerprint density at radius 2 is 1.72 bits per heavy atom. The molecule has 25 heavy (non-hydrogen) atoms. The number of hydrogen-bond acceptors (Lipinski definition) is 6. The van der Waals surface area contributed by atoms with E-state index in [9.17, 15) is 9.59 Å². The minimum absolute atomic E-state index is 0.168. The fraction of sp³-hybridized carbons (Fsp3) is 0.158. The molecule has 6 nitrogen and oxygen atoms in total. The molecule has 0 fully saturated rings. The summed E-state index contributed by atoms with van der Waals surface area (Å²) in [6, 6.07) is 10.0. The van der Waals surface area contributed by atoms with Crippen LogP contribution in [0.2, 0.25) is 0 Å². The Morgan fingerprint density at radius 1 is 1.00 bits per heavy atom. The van der Waals surface area contributed by atoms with Crippen LogP contribution in [0.15, 0.2) is 51.9 Å². The Hall–Kier alpha value is -3.28. The zero-order valence-corrected chi connectivity index (χ0v) is 14.0. The molecular weight excluding hydrogens is 324 g/mol. The van der Waals surface area contributed by atoms with Crippen molar-refractivity contribution in [2.45, 2.75) is 6.92 Å². The van der Waals surface area contributed by atoms with E-state index < -0.39 is 5.97 Å².